The Kier molecular flexibility index (Phi) is 10.9. The highest BCUT2D eigenvalue weighted by molar-refractivity contribution is 5.90. The molecule has 55 heavy (non-hydrogen) atoms. The molecule has 6 rings (SSSR count). The number of esters is 6. The van der Waals surface area contributed by atoms with Crippen LogP contribution >= 0.6 is 0 Å². The summed E-state index contributed by atoms with van der Waals surface area (Å²) in [6.45, 7) is 8.10. The van der Waals surface area contributed by atoms with Gasteiger partial charge in [-0.05, 0) is 44.9 Å². The predicted octanol–water partition coefficient (Wildman–Crippen LogP) is 1.38. The minimum absolute atomic E-state index is 0.00322. The molecule has 5 saturated carbocycles. The maximum absolute atomic E-state index is 13.1. The molecule has 17 nitrogen and oxygen atoms in total. The zero-order chi connectivity index (χ0) is 40.4. The Labute approximate surface area is 318 Å². The lowest BCUT2D eigenvalue weighted by Gasteiger charge is -2.70. The van der Waals surface area contributed by atoms with Crippen molar-refractivity contribution in [3.05, 3.63) is 0 Å². The second kappa shape index (κ2) is 14.7. The molecule has 1 aliphatic heterocycles. The van der Waals surface area contributed by atoms with Crippen LogP contribution in [0.3, 0.4) is 0 Å². The van der Waals surface area contributed by atoms with Crippen molar-refractivity contribution < 1.29 is 81.7 Å². The topological polar surface area (TPSA) is 234 Å². The van der Waals surface area contributed by atoms with Gasteiger partial charge in [-0.15, -0.1) is 0 Å². The van der Waals surface area contributed by atoms with Crippen LogP contribution in [0.5, 0.6) is 0 Å². The highest BCUT2D eigenvalue weighted by Crippen LogP contribution is 2.74. The van der Waals surface area contributed by atoms with Gasteiger partial charge in [-0.3, -0.25) is 33.6 Å². The van der Waals surface area contributed by atoms with E-state index in [1.165, 1.54) is 20.8 Å². The SMILES string of the molecule is CC(=O)OC[C@@]12[C@@H]3[C@@H](CC[C@]1(O)C[C@@H](O[C@@H]1O[C@@H](C)[C@H](OC(C)=O)[C@@H](OC(C)=O)[C@H]1OC(C)=O)C[C@H]2OC(C)=O)[C@@]1(O)CC[C@@H]2C(=O)C[C@@]21C[C@H]3OC(C)=O. The molecule has 306 valence electrons. The molecule has 0 bridgehead atoms. The van der Waals surface area contributed by atoms with Crippen LogP contribution in [0.2, 0.25) is 0 Å². The summed E-state index contributed by atoms with van der Waals surface area (Å²) in [6, 6.07) is 0. The Bertz CT molecular complexity index is 1610. The largest absolute Gasteiger partial charge is 0.465 e. The molecule has 2 N–H and O–H groups in total. The van der Waals surface area contributed by atoms with E-state index >= 15 is 0 Å². The molecule has 6 aliphatic rings. The van der Waals surface area contributed by atoms with Gasteiger partial charge in [0.15, 0.2) is 24.6 Å². The lowest BCUT2D eigenvalue weighted by atomic mass is 9.37. The molecule has 17 heteroatoms. The Morgan fingerprint density at radius 2 is 1.35 bits per heavy atom. The lowest BCUT2D eigenvalue weighted by Crippen LogP contribution is -2.78. The van der Waals surface area contributed by atoms with Gasteiger partial charge in [0.05, 0.1) is 28.8 Å². The molecule has 1 heterocycles. The van der Waals surface area contributed by atoms with Crippen LogP contribution in [0.4, 0.5) is 0 Å². The molecule has 6 fully saturated rings. The van der Waals surface area contributed by atoms with Crippen molar-refractivity contribution in [2.24, 2.45) is 28.6 Å². The first-order valence-electron chi connectivity index (χ1n) is 19.0. The van der Waals surface area contributed by atoms with Gasteiger partial charge >= 0.3 is 35.8 Å². The summed E-state index contributed by atoms with van der Waals surface area (Å²) in [6.07, 6.45) is -8.79. The first-order chi connectivity index (χ1) is 25.7. The number of aliphatic hydroxyl groups is 2. The maximum Gasteiger partial charge on any atom is 0.303 e. The van der Waals surface area contributed by atoms with E-state index < -0.39 is 131 Å². The molecule has 1 spiro atoms. The van der Waals surface area contributed by atoms with E-state index in [2.05, 4.69) is 0 Å². The van der Waals surface area contributed by atoms with Crippen LogP contribution in [0, 0.1) is 28.6 Å². The number of carbonyl (C=O) groups excluding carboxylic acids is 7. The first kappa shape index (κ1) is 41.0. The minimum atomic E-state index is -1.87. The number of carbonyl (C=O) groups is 7. The highest BCUT2D eigenvalue weighted by Gasteiger charge is 2.80. The number of ether oxygens (including phenoxy) is 8. The Balaban J connectivity index is 1.42. The molecule has 0 unspecified atom stereocenters. The molecule has 0 radical (unpaired) electrons. The summed E-state index contributed by atoms with van der Waals surface area (Å²) in [4.78, 5) is 87.8. The van der Waals surface area contributed by atoms with E-state index in [0.717, 1.165) is 20.8 Å². The fourth-order valence-electron chi connectivity index (χ4n) is 11.6. The highest BCUT2D eigenvalue weighted by atomic mass is 16.7. The van der Waals surface area contributed by atoms with Crippen molar-refractivity contribution >= 4 is 41.6 Å². The van der Waals surface area contributed by atoms with Crippen LogP contribution in [0.1, 0.15) is 99.8 Å². The quantitative estimate of drug-likeness (QED) is 0.191. The number of hydrogen-bond donors (Lipinski definition) is 2. The average Bonchev–Trinajstić information content (AvgIpc) is 3.28. The Morgan fingerprint density at radius 1 is 0.745 bits per heavy atom. The number of rotatable bonds is 9. The molecule has 0 aromatic carbocycles. The summed E-state index contributed by atoms with van der Waals surface area (Å²) in [5, 5.41) is 25.8. The normalized spacial score (nSPS) is 44.2. The number of hydrogen-bond acceptors (Lipinski definition) is 17. The zero-order valence-electron chi connectivity index (χ0n) is 32.2. The van der Waals surface area contributed by atoms with Crippen molar-refractivity contribution in [2.45, 2.75) is 160 Å². The molecule has 0 aromatic heterocycles. The number of Topliss-reactive ketones (excluding diaryl/α,β-unsaturated/α-hetero) is 1. The Morgan fingerprint density at radius 3 is 1.93 bits per heavy atom. The van der Waals surface area contributed by atoms with Gasteiger partial charge in [-0.25, -0.2) is 0 Å². The summed E-state index contributed by atoms with van der Waals surface area (Å²) >= 11 is 0. The fourth-order valence-corrected chi connectivity index (χ4v) is 11.6. The molecule has 15 atom stereocenters. The van der Waals surface area contributed by atoms with Gasteiger partial charge in [0.25, 0.3) is 0 Å². The smallest absolute Gasteiger partial charge is 0.303 e. The van der Waals surface area contributed by atoms with Gasteiger partial charge in [-0.2, -0.15) is 0 Å². The van der Waals surface area contributed by atoms with E-state index in [1.807, 2.05) is 0 Å². The van der Waals surface area contributed by atoms with Crippen LogP contribution in [0.25, 0.3) is 0 Å². The van der Waals surface area contributed by atoms with Crippen LogP contribution in [-0.2, 0) is 71.5 Å². The molecule has 0 aromatic rings. The molecule has 0 amide bonds. The standard InChI is InChI=1S/C38H52O17/c1-17-31(52-21(5)42)32(53-22(6)43)33(54-23(7)44)34(49-17)55-24-12-29(51-20(4)41)37(16-48-18(2)39)30-26(8-10-36(37,46)13-24)38(47)11-9-25-27(45)14-35(25,38)15-28(30)50-19(3)40/h17,24-26,28-34,46-47H,8-16H2,1-7H3/t17-,24-,25+,26+,28+,29+,30+,31-,32+,33+,34-,35+,36-,37+,38-/m0/s1. The summed E-state index contributed by atoms with van der Waals surface area (Å²) in [7, 11) is 0. The zero-order valence-corrected chi connectivity index (χ0v) is 32.2. The van der Waals surface area contributed by atoms with Gasteiger partial charge in [0, 0.05) is 78.1 Å². The lowest BCUT2D eigenvalue weighted by molar-refractivity contribution is -0.346. The van der Waals surface area contributed by atoms with Crippen molar-refractivity contribution in [2.75, 3.05) is 6.61 Å². The molecular formula is C38H52O17. The second-order valence-electron chi connectivity index (χ2n) is 16.4. The summed E-state index contributed by atoms with van der Waals surface area (Å²) < 4.78 is 46.9. The molecular weight excluding hydrogens is 728 g/mol. The van der Waals surface area contributed by atoms with E-state index in [-0.39, 0.29) is 44.3 Å². The van der Waals surface area contributed by atoms with Gasteiger partial charge in [-0.1, -0.05) is 0 Å². The molecule has 1 saturated heterocycles. The second-order valence-corrected chi connectivity index (χ2v) is 16.4. The van der Waals surface area contributed by atoms with Gasteiger partial charge < -0.3 is 48.1 Å². The van der Waals surface area contributed by atoms with Crippen molar-refractivity contribution in [1.29, 1.82) is 0 Å². The first-order valence-corrected chi connectivity index (χ1v) is 19.0. The van der Waals surface area contributed by atoms with Crippen molar-refractivity contribution in [3.63, 3.8) is 0 Å². The predicted molar refractivity (Wildman–Crippen MR) is 181 cm³/mol. The van der Waals surface area contributed by atoms with Crippen molar-refractivity contribution in [1.82, 2.24) is 0 Å². The fraction of sp³-hybridized carbons (Fsp3) is 0.816. The third-order valence-electron chi connectivity index (χ3n) is 13.3. The minimum Gasteiger partial charge on any atom is -0.465 e. The van der Waals surface area contributed by atoms with E-state index in [0.29, 0.717) is 12.8 Å². The van der Waals surface area contributed by atoms with Gasteiger partial charge in [0.1, 0.15) is 24.6 Å². The number of ketones is 1. The monoisotopic (exact) mass is 780 g/mol. The Hall–Kier alpha value is -3.67. The van der Waals surface area contributed by atoms with E-state index in [4.69, 9.17) is 37.9 Å². The van der Waals surface area contributed by atoms with Crippen LogP contribution in [0.15, 0.2) is 0 Å². The third kappa shape index (κ3) is 6.82. The van der Waals surface area contributed by atoms with Gasteiger partial charge in [0.2, 0.25) is 0 Å². The summed E-state index contributed by atoms with van der Waals surface area (Å²) in [5.41, 5.74) is -5.76. The maximum atomic E-state index is 13.1. The average molecular weight is 781 g/mol. The molecule has 5 aliphatic carbocycles. The van der Waals surface area contributed by atoms with Crippen LogP contribution < -0.4 is 0 Å². The van der Waals surface area contributed by atoms with E-state index in [9.17, 15) is 43.8 Å². The summed E-state index contributed by atoms with van der Waals surface area (Å²) in [5.74, 6) is -6.26. The van der Waals surface area contributed by atoms with Crippen molar-refractivity contribution in [3.8, 4) is 0 Å². The van der Waals surface area contributed by atoms with Crippen LogP contribution in [-0.4, -0.2) is 119 Å². The van der Waals surface area contributed by atoms with E-state index in [1.54, 1.807) is 6.92 Å². The number of fused-ring (bicyclic) bond motifs is 4. The third-order valence-corrected chi connectivity index (χ3v) is 13.3.